The summed E-state index contributed by atoms with van der Waals surface area (Å²) in [4.78, 5) is 26.1. The van der Waals surface area contributed by atoms with Crippen LogP contribution >= 0.6 is 0 Å². The number of carbonyl (C=O) groups excluding carboxylic acids is 2. The van der Waals surface area contributed by atoms with Crippen LogP contribution in [0.1, 0.15) is 32.6 Å². The first-order chi connectivity index (χ1) is 15.9. The van der Waals surface area contributed by atoms with Crippen LogP contribution in [0.5, 0.6) is 11.5 Å². The summed E-state index contributed by atoms with van der Waals surface area (Å²) in [6.45, 7) is 2.66. The van der Waals surface area contributed by atoms with Crippen molar-refractivity contribution in [1.82, 2.24) is 15.5 Å². The zero-order valence-corrected chi connectivity index (χ0v) is 18.9. The maximum Gasteiger partial charge on any atom is 0.317 e. The number of ether oxygens (including phenoxy) is 1. The van der Waals surface area contributed by atoms with E-state index in [1.165, 1.54) is 0 Å². The van der Waals surface area contributed by atoms with Gasteiger partial charge in [-0.15, -0.1) is 0 Å². The molecule has 0 radical (unpaired) electrons. The number of aryl methyl sites for hydroxylation is 1. The van der Waals surface area contributed by atoms with Gasteiger partial charge in [0, 0.05) is 32.7 Å². The first kappa shape index (κ1) is 23.4. The fourth-order valence-electron chi connectivity index (χ4n) is 3.24. The van der Waals surface area contributed by atoms with Crippen molar-refractivity contribution in [1.29, 1.82) is 5.26 Å². The summed E-state index contributed by atoms with van der Waals surface area (Å²) < 4.78 is 5.78. The van der Waals surface area contributed by atoms with Crippen LogP contribution in [-0.4, -0.2) is 30.9 Å². The van der Waals surface area contributed by atoms with E-state index in [1.54, 1.807) is 43.3 Å². The molecule has 0 heterocycles. The largest absolute Gasteiger partial charge is 0.457 e. The van der Waals surface area contributed by atoms with E-state index >= 15 is 0 Å². The Kier molecular flexibility index (Phi) is 7.66. The predicted octanol–water partition coefficient (Wildman–Crippen LogP) is 4.36. The molecule has 3 rings (SSSR count). The minimum atomic E-state index is -0.187. The van der Waals surface area contributed by atoms with E-state index in [2.05, 4.69) is 16.7 Å². The lowest BCUT2D eigenvalue weighted by Gasteiger charge is -2.17. The van der Waals surface area contributed by atoms with Crippen molar-refractivity contribution in [3.63, 3.8) is 0 Å². The highest BCUT2D eigenvalue weighted by molar-refractivity contribution is 5.95. The van der Waals surface area contributed by atoms with Crippen LogP contribution in [-0.2, 0) is 13.1 Å². The number of nitrogens with zero attached hydrogens (tertiary/aromatic N) is 2. The molecule has 0 unspecified atom stereocenters. The van der Waals surface area contributed by atoms with E-state index in [1.807, 2.05) is 49.4 Å². The Bertz CT molecular complexity index is 1170. The SMILES string of the molecule is CNC(=O)N(C)Cc1ccc(C)c(C(=O)NCc2ccc(Oc3ccc(C#N)cc3)cc2)c1. The monoisotopic (exact) mass is 442 g/mol. The van der Waals surface area contributed by atoms with Crippen molar-refractivity contribution in [3.8, 4) is 17.6 Å². The van der Waals surface area contributed by atoms with Crippen molar-refractivity contribution < 1.29 is 14.3 Å². The third-order valence-corrected chi connectivity index (χ3v) is 5.12. The summed E-state index contributed by atoms with van der Waals surface area (Å²) in [5, 5.41) is 14.4. The van der Waals surface area contributed by atoms with Crippen molar-refractivity contribution >= 4 is 11.9 Å². The normalized spacial score (nSPS) is 10.1. The molecule has 7 heteroatoms. The Balaban J connectivity index is 1.59. The fourth-order valence-corrected chi connectivity index (χ4v) is 3.24. The van der Waals surface area contributed by atoms with Gasteiger partial charge in [-0.3, -0.25) is 4.79 Å². The molecule has 7 nitrogen and oxygen atoms in total. The number of benzene rings is 3. The quantitative estimate of drug-likeness (QED) is 0.568. The van der Waals surface area contributed by atoms with Crippen LogP contribution in [0.4, 0.5) is 4.79 Å². The molecule has 0 atom stereocenters. The zero-order valence-electron chi connectivity index (χ0n) is 18.9. The van der Waals surface area contributed by atoms with Gasteiger partial charge in [-0.1, -0.05) is 24.3 Å². The highest BCUT2D eigenvalue weighted by Gasteiger charge is 2.12. The first-order valence-corrected chi connectivity index (χ1v) is 10.5. The highest BCUT2D eigenvalue weighted by atomic mass is 16.5. The molecule has 3 aromatic rings. The van der Waals surface area contributed by atoms with Crippen molar-refractivity contribution in [2.24, 2.45) is 0 Å². The second kappa shape index (κ2) is 10.8. The molecular formula is C26H26N4O3. The zero-order chi connectivity index (χ0) is 23.8. The summed E-state index contributed by atoms with van der Waals surface area (Å²) in [7, 11) is 3.28. The summed E-state index contributed by atoms with van der Waals surface area (Å²) in [5.74, 6) is 1.14. The second-order valence-electron chi connectivity index (χ2n) is 7.63. The molecule has 0 aliphatic heterocycles. The smallest absolute Gasteiger partial charge is 0.317 e. The Labute approximate surface area is 193 Å². The number of carbonyl (C=O) groups is 2. The van der Waals surface area contributed by atoms with Gasteiger partial charge in [0.25, 0.3) is 5.91 Å². The second-order valence-corrected chi connectivity index (χ2v) is 7.63. The van der Waals surface area contributed by atoms with Crippen LogP contribution in [0, 0.1) is 18.3 Å². The van der Waals surface area contributed by atoms with E-state index in [9.17, 15) is 9.59 Å². The van der Waals surface area contributed by atoms with Gasteiger partial charge < -0.3 is 20.3 Å². The lowest BCUT2D eigenvalue weighted by Crippen LogP contribution is -2.34. The van der Waals surface area contributed by atoms with Gasteiger partial charge >= 0.3 is 6.03 Å². The minimum absolute atomic E-state index is 0.171. The minimum Gasteiger partial charge on any atom is -0.457 e. The van der Waals surface area contributed by atoms with Crippen LogP contribution in [0.25, 0.3) is 0 Å². The van der Waals surface area contributed by atoms with Gasteiger partial charge in [0.05, 0.1) is 11.6 Å². The molecule has 0 bridgehead atoms. The summed E-state index contributed by atoms with van der Waals surface area (Å²) in [5.41, 5.74) is 3.83. The van der Waals surface area contributed by atoms with E-state index in [4.69, 9.17) is 10.00 Å². The molecule has 33 heavy (non-hydrogen) atoms. The maximum atomic E-state index is 12.8. The molecule has 3 aromatic carbocycles. The topological polar surface area (TPSA) is 94.5 Å². The molecule has 0 spiro atoms. The van der Waals surface area contributed by atoms with E-state index < -0.39 is 0 Å². The lowest BCUT2D eigenvalue weighted by atomic mass is 10.0. The first-order valence-electron chi connectivity index (χ1n) is 10.5. The van der Waals surface area contributed by atoms with Gasteiger partial charge in [-0.05, 0) is 66.1 Å². The average Bonchev–Trinajstić information content (AvgIpc) is 2.84. The van der Waals surface area contributed by atoms with Gasteiger partial charge in [-0.2, -0.15) is 5.26 Å². The van der Waals surface area contributed by atoms with E-state index in [-0.39, 0.29) is 11.9 Å². The van der Waals surface area contributed by atoms with Gasteiger partial charge in [0.2, 0.25) is 0 Å². The van der Waals surface area contributed by atoms with E-state index in [0.717, 1.165) is 16.7 Å². The Hall–Kier alpha value is -4.31. The van der Waals surface area contributed by atoms with Crippen LogP contribution in [0.2, 0.25) is 0 Å². The molecule has 0 saturated heterocycles. The third-order valence-electron chi connectivity index (χ3n) is 5.12. The number of hydrogen-bond donors (Lipinski definition) is 2. The molecule has 2 N–H and O–H groups in total. The predicted molar refractivity (Wildman–Crippen MR) is 126 cm³/mol. The summed E-state index contributed by atoms with van der Waals surface area (Å²) >= 11 is 0. The standard InChI is InChI=1S/C26H26N4O3/c1-18-4-5-21(17-30(3)26(32)28-2)14-24(18)25(31)29-16-20-8-12-23(13-9-20)33-22-10-6-19(15-27)7-11-22/h4-14H,16-17H2,1-3H3,(H,28,32)(H,29,31). The molecule has 0 aliphatic rings. The van der Waals surface area contributed by atoms with Gasteiger partial charge in [-0.25, -0.2) is 4.79 Å². The molecule has 0 aromatic heterocycles. The van der Waals surface area contributed by atoms with Crippen molar-refractivity contribution in [2.45, 2.75) is 20.0 Å². The molecule has 168 valence electrons. The van der Waals surface area contributed by atoms with Crippen LogP contribution in [0.3, 0.4) is 0 Å². The number of nitrogens with one attached hydrogen (secondary N) is 2. The number of nitriles is 1. The van der Waals surface area contributed by atoms with Crippen molar-refractivity contribution in [2.75, 3.05) is 14.1 Å². The molecule has 3 amide bonds. The average molecular weight is 443 g/mol. The van der Waals surface area contributed by atoms with Crippen LogP contribution < -0.4 is 15.4 Å². The Morgan fingerprint density at radius 1 is 0.970 bits per heavy atom. The Morgan fingerprint density at radius 2 is 1.58 bits per heavy atom. The number of rotatable bonds is 7. The van der Waals surface area contributed by atoms with Gasteiger partial charge in [0.1, 0.15) is 11.5 Å². The lowest BCUT2D eigenvalue weighted by molar-refractivity contribution is 0.0950. The van der Waals surface area contributed by atoms with E-state index in [0.29, 0.717) is 35.7 Å². The molecular weight excluding hydrogens is 416 g/mol. The highest BCUT2D eigenvalue weighted by Crippen LogP contribution is 2.22. The molecule has 0 aliphatic carbocycles. The number of urea groups is 1. The Morgan fingerprint density at radius 3 is 2.18 bits per heavy atom. The van der Waals surface area contributed by atoms with Crippen molar-refractivity contribution in [3.05, 3.63) is 94.5 Å². The summed E-state index contributed by atoms with van der Waals surface area (Å²) in [6, 6.07) is 21.8. The molecule has 0 saturated carbocycles. The number of hydrogen-bond acceptors (Lipinski definition) is 4. The number of amides is 3. The maximum absolute atomic E-state index is 12.8. The molecule has 0 fully saturated rings. The fraction of sp³-hybridized carbons (Fsp3) is 0.192. The van der Waals surface area contributed by atoms with Crippen LogP contribution in [0.15, 0.2) is 66.7 Å². The third kappa shape index (κ3) is 6.34. The van der Waals surface area contributed by atoms with Gasteiger partial charge in [0.15, 0.2) is 0 Å². The summed E-state index contributed by atoms with van der Waals surface area (Å²) in [6.07, 6.45) is 0.